The van der Waals surface area contributed by atoms with Crippen molar-refractivity contribution in [3.05, 3.63) is 64.1 Å². The van der Waals surface area contributed by atoms with Crippen LogP contribution in [0.15, 0.2) is 48.5 Å². The molecule has 0 N–H and O–H groups in total. The summed E-state index contributed by atoms with van der Waals surface area (Å²) in [5.41, 5.74) is 0.620. The lowest BCUT2D eigenvalue weighted by Gasteiger charge is -2.14. The summed E-state index contributed by atoms with van der Waals surface area (Å²) in [7, 11) is 0. The maximum Gasteiger partial charge on any atom is 0.202 e. The van der Waals surface area contributed by atoms with E-state index in [2.05, 4.69) is 0 Å². The van der Waals surface area contributed by atoms with Crippen molar-refractivity contribution in [2.24, 2.45) is 0 Å². The molecule has 0 saturated heterocycles. The lowest BCUT2D eigenvalue weighted by atomic mass is 10.1. The minimum atomic E-state index is -0.584. The van der Waals surface area contributed by atoms with Crippen molar-refractivity contribution in [3.63, 3.8) is 0 Å². The molecule has 2 rings (SSSR count). The van der Waals surface area contributed by atoms with E-state index in [1.165, 1.54) is 0 Å². The monoisotopic (exact) mass is 294 g/mol. The highest BCUT2D eigenvalue weighted by Crippen LogP contribution is 2.27. The van der Waals surface area contributed by atoms with Gasteiger partial charge in [0.25, 0.3) is 0 Å². The molecular weight excluding hydrogens is 283 g/mol. The van der Waals surface area contributed by atoms with Crippen LogP contribution in [0.25, 0.3) is 0 Å². The SMILES string of the molecule is C[C@@H](Oc1ccc(Cl)c(Cl)c1)C(=O)c1ccccc1. The molecule has 0 amide bonds. The summed E-state index contributed by atoms with van der Waals surface area (Å²) >= 11 is 11.7. The number of carbonyl (C=O) groups is 1. The van der Waals surface area contributed by atoms with Crippen LogP contribution in [0.3, 0.4) is 0 Å². The molecule has 0 bridgehead atoms. The summed E-state index contributed by atoms with van der Waals surface area (Å²) in [5.74, 6) is 0.442. The Morgan fingerprint density at radius 2 is 1.74 bits per heavy atom. The van der Waals surface area contributed by atoms with Crippen LogP contribution in [-0.2, 0) is 0 Å². The van der Waals surface area contributed by atoms with E-state index in [0.717, 1.165) is 0 Å². The van der Waals surface area contributed by atoms with Gasteiger partial charge >= 0.3 is 0 Å². The topological polar surface area (TPSA) is 26.3 Å². The van der Waals surface area contributed by atoms with E-state index in [1.807, 2.05) is 18.2 Å². The third-order valence-electron chi connectivity index (χ3n) is 2.63. The molecule has 0 fully saturated rings. The predicted molar refractivity (Wildman–Crippen MR) is 77.3 cm³/mol. The second-order valence-electron chi connectivity index (χ2n) is 4.07. The molecule has 0 aliphatic rings. The minimum absolute atomic E-state index is 0.0772. The molecule has 0 radical (unpaired) electrons. The first-order valence-corrected chi connectivity index (χ1v) is 6.54. The van der Waals surface area contributed by atoms with Crippen LogP contribution >= 0.6 is 23.2 Å². The van der Waals surface area contributed by atoms with Gasteiger partial charge in [-0.25, -0.2) is 0 Å². The van der Waals surface area contributed by atoms with E-state index in [1.54, 1.807) is 37.3 Å². The third kappa shape index (κ3) is 3.49. The summed E-state index contributed by atoms with van der Waals surface area (Å²) in [6, 6.07) is 13.9. The van der Waals surface area contributed by atoms with Crippen LogP contribution in [0.2, 0.25) is 10.0 Å². The van der Waals surface area contributed by atoms with E-state index in [9.17, 15) is 4.79 Å². The summed E-state index contributed by atoms with van der Waals surface area (Å²) in [4.78, 5) is 12.1. The van der Waals surface area contributed by atoms with Gasteiger partial charge in [0.05, 0.1) is 10.0 Å². The molecule has 19 heavy (non-hydrogen) atoms. The number of carbonyl (C=O) groups excluding carboxylic acids is 1. The Kier molecular flexibility index (Phi) is 4.46. The third-order valence-corrected chi connectivity index (χ3v) is 3.37. The van der Waals surface area contributed by atoms with Gasteiger partial charge in [-0.15, -0.1) is 0 Å². The molecule has 0 heterocycles. The molecule has 0 aliphatic heterocycles. The standard InChI is InChI=1S/C15H12Cl2O2/c1-10(15(18)11-5-3-2-4-6-11)19-12-7-8-13(16)14(17)9-12/h2-10H,1H3/t10-/m1/s1. The van der Waals surface area contributed by atoms with Gasteiger partial charge in [-0.05, 0) is 19.1 Å². The number of halogens is 2. The molecule has 0 unspecified atom stereocenters. The maximum atomic E-state index is 12.1. The average molecular weight is 295 g/mol. The van der Waals surface area contributed by atoms with E-state index in [4.69, 9.17) is 27.9 Å². The molecule has 2 aromatic carbocycles. The normalized spacial score (nSPS) is 11.9. The predicted octanol–water partition coefficient (Wildman–Crippen LogP) is 4.64. The highest BCUT2D eigenvalue weighted by Gasteiger charge is 2.16. The smallest absolute Gasteiger partial charge is 0.202 e. The maximum absolute atomic E-state index is 12.1. The van der Waals surface area contributed by atoms with E-state index in [0.29, 0.717) is 21.4 Å². The number of hydrogen-bond acceptors (Lipinski definition) is 2. The van der Waals surface area contributed by atoms with Gasteiger partial charge in [0.15, 0.2) is 6.10 Å². The molecule has 2 aromatic rings. The largest absolute Gasteiger partial charge is 0.483 e. The second-order valence-corrected chi connectivity index (χ2v) is 4.88. The summed E-state index contributed by atoms with van der Waals surface area (Å²) in [6.45, 7) is 1.71. The minimum Gasteiger partial charge on any atom is -0.483 e. The molecule has 1 atom stereocenters. The van der Waals surface area contributed by atoms with Crippen LogP contribution < -0.4 is 4.74 Å². The van der Waals surface area contributed by atoms with Crippen molar-refractivity contribution in [3.8, 4) is 5.75 Å². The number of Topliss-reactive ketones (excluding diaryl/α,β-unsaturated/α-hetero) is 1. The van der Waals surface area contributed by atoms with E-state index < -0.39 is 6.10 Å². The Labute approximate surface area is 121 Å². The number of ketones is 1. The Balaban J connectivity index is 2.10. The molecular formula is C15H12Cl2O2. The van der Waals surface area contributed by atoms with E-state index >= 15 is 0 Å². The van der Waals surface area contributed by atoms with Crippen LogP contribution in [0.4, 0.5) is 0 Å². The Bertz CT molecular complexity index is 582. The highest BCUT2D eigenvalue weighted by molar-refractivity contribution is 6.42. The van der Waals surface area contributed by atoms with Gasteiger partial charge in [0.1, 0.15) is 5.75 Å². The van der Waals surface area contributed by atoms with Crippen molar-refractivity contribution in [1.29, 1.82) is 0 Å². The number of benzene rings is 2. The van der Waals surface area contributed by atoms with Gasteiger partial charge in [0.2, 0.25) is 5.78 Å². The number of hydrogen-bond donors (Lipinski definition) is 0. The Morgan fingerprint density at radius 3 is 2.37 bits per heavy atom. The number of ether oxygens (including phenoxy) is 1. The zero-order valence-corrected chi connectivity index (χ0v) is 11.8. The van der Waals surface area contributed by atoms with Gasteiger partial charge in [0, 0.05) is 11.6 Å². The summed E-state index contributed by atoms with van der Waals surface area (Å²) in [5, 5.41) is 0.856. The molecule has 2 nitrogen and oxygen atoms in total. The fraction of sp³-hybridized carbons (Fsp3) is 0.133. The van der Waals surface area contributed by atoms with E-state index in [-0.39, 0.29) is 5.78 Å². The van der Waals surface area contributed by atoms with Crippen LogP contribution in [0.1, 0.15) is 17.3 Å². The molecule has 4 heteroatoms. The quantitative estimate of drug-likeness (QED) is 0.768. The first kappa shape index (κ1) is 13.9. The lowest BCUT2D eigenvalue weighted by molar-refractivity contribution is 0.0818. The van der Waals surface area contributed by atoms with Gasteiger partial charge in [-0.3, -0.25) is 4.79 Å². The Morgan fingerprint density at radius 1 is 1.05 bits per heavy atom. The zero-order valence-electron chi connectivity index (χ0n) is 10.3. The molecule has 0 aromatic heterocycles. The fourth-order valence-corrected chi connectivity index (χ4v) is 1.93. The fourth-order valence-electron chi connectivity index (χ4n) is 1.64. The van der Waals surface area contributed by atoms with Crippen LogP contribution in [0, 0.1) is 0 Å². The molecule has 98 valence electrons. The summed E-state index contributed by atoms with van der Waals surface area (Å²) < 4.78 is 5.57. The van der Waals surface area contributed by atoms with Crippen LogP contribution in [0.5, 0.6) is 5.75 Å². The molecule has 0 spiro atoms. The van der Waals surface area contributed by atoms with Gasteiger partial charge in [-0.2, -0.15) is 0 Å². The first-order chi connectivity index (χ1) is 9.08. The van der Waals surface area contributed by atoms with Crippen LogP contribution in [-0.4, -0.2) is 11.9 Å². The highest BCUT2D eigenvalue weighted by atomic mass is 35.5. The molecule has 0 aliphatic carbocycles. The second kappa shape index (κ2) is 6.09. The van der Waals surface area contributed by atoms with Crippen molar-refractivity contribution < 1.29 is 9.53 Å². The van der Waals surface area contributed by atoms with Crippen molar-refractivity contribution >= 4 is 29.0 Å². The molecule has 0 saturated carbocycles. The number of rotatable bonds is 4. The lowest BCUT2D eigenvalue weighted by Crippen LogP contribution is -2.23. The van der Waals surface area contributed by atoms with Gasteiger partial charge < -0.3 is 4.74 Å². The van der Waals surface area contributed by atoms with Crippen molar-refractivity contribution in [2.75, 3.05) is 0 Å². The van der Waals surface area contributed by atoms with Gasteiger partial charge in [-0.1, -0.05) is 53.5 Å². The Hall–Kier alpha value is -1.51. The first-order valence-electron chi connectivity index (χ1n) is 5.79. The van der Waals surface area contributed by atoms with Crippen molar-refractivity contribution in [1.82, 2.24) is 0 Å². The zero-order chi connectivity index (χ0) is 13.8. The van der Waals surface area contributed by atoms with Crippen molar-refractivity contribution in [2.45, 2.75) is 13.0 Å². The average Bonchev–Trinajstić information content (AvgIpc) is 2.43. The summed E-state index contributed by atoms with van der Waals surface area (Å²) in [6.07, 6.45) is -0.584.